The number of aliphatic hydroxyl groups is 1. The molecule has 0 radical (unpaired) electrons. The van der Waals surface area contributed by atoms with Crippen LogP contribution >= 0.6 is 0 Å². The zero-order valence-corrected chi connectivity index (χ0v) is 21.9. The zero-order valence-electron chi connectivity index (χ0n) is 21.9. The average Bonchev–Trinajstić information content (AvgIpc) is 3.35. The van der Waals surface area contributed by atoms with Crippen LogP contribution in [0, 0.1) is 6.92 Å². The normalized spacial score (nSPS) is 20.8. The summed E-state index contributed by atoms with van der Waals surface area (Å²) in [5, 5.41) is 11.6. The summed E-state index contributed by atoms with van der Waals surface area (Å²) in [5.74, 6) is -1.46. The predicted octanol–water partition coefficient (Wildman–Crippen LogP) is 3.69. The van der Waals surface area contributed by atoms with Crippen molar-refractivity contribution in [1.82, 2.24) is 19.2 Å². The summed E-state index contributed by atoms with van der Waals surface area (Å²) in [5.41, 5.74) is 3.69. The highest BCUT2D eigenvalue weighted by Crippen LogP contribution is 2.40. The van der Waals surface area contributed by atoms with Gasteiger partial charge in [-0.2, -0.15) is 0 Å². The van der Waals surface area contributed by atoms with Gasteiger partial charge in [0, 0.05) is 32.4 Å². The van der Waals surface area contributed by atoms with E-state index < -0.39 is 17.7 Å². The van der Waals surface area contributed by atoms with Gasteiger partial charge in [0.25, 0.3) is 11.7 Å². The van der Waals surface area contributed by atoms with Gasteiger partial charge >= 0.3 is 0 Å². The van der Waals surface area contributed by atoms with Crippen molar-refractivity contribution in [2.45, 2.75) is 39.2 Å². The molecule has 0 saturated carbocycles. The molecule has 2 aliphatic rings. The van der Waals surface area contributed by atoms with Crippen molar-refractivity contribution in [1.29, 1.82) is 0 Å². The molecule has 0 bridgehead atoms. The van der Waals surface area contributed by atoms with Crippen molar-refractivity contribution in [3.05, 3.63) is 76.7 Å². The van der Waals surface area contributed by atoms with E-state index in [0.29, 0.717) is 43.3 Å². The average molecular weight is 503 g/mol. The van der Waals surface area contributed by atoms with E-state index in [2.05, 4.69) is 30.7 Å². The third kappa shape index (κ3) is 4.67. The van der Waals surface area contributed by atoms with Gasteiger partial charge in [-0.25, -0.2) is 4.98 Å². The number of aryl methyl sites for hydroxylation is 1. The zero-order chi connectivity index (χ0) is 26.3. The number of amides is 1. The highest BCUT2D eigenvalue weighted by Gasteiger charge is 2.46. The van der Waals surface area contributed by atoms with E-state index in [4.69, 9.17) is 4.74 Å². The molecule has 2 aromatic heterocycles. The van der Waals surface area contributed by atoms with Crippen LogP contribution in [0.25, 0.3) is 11.4 Å². The van der Waals surface area contributed by atoms with E-state index in [0.717, 1.165) is 24.2 Å². The molecule has 37 heavy (non-hydrogen) atoms. The van der Waals surface area contributed by atoms with Gasteiger partial charge < -0.3 is 14.7 Å². The SMILES string of the molecule is Cc1nc2ccccn2c1C(O)=C1C(=O)C(=O)N(CCN2CCOCC2)[C@@H]1c1ccc(C(C)(C)C)cc1. The van der Waals surface area contributed by atoms with Gasteiger partial charge in [-0.15, -0.1) is 0 Å². The number of ketones is 1. The van der Waals surface area contributed by atoms with E-state index >= 15 is 0 Å². The summed E-state index contributed by atoms with van der Waals surface area (Å²) >= 11 is 0. The Bertz CT molecular complexity index is 1360. The number of carbonyl (C=O) groups excluding carboxylic acids is 2. The minimum absolute atomic E-state index is 0.0374. The second kappa shape index (κ2) is 9.76. The van der Waals surface area contributed by atoms with Crippen molar-refractivity contribution >= 4 is 23.1 Å². The number of carbonyl (C=O) groups is 2. The second-order valence-corrected chi connectivity index (χ2v) is 10.8. The molecule has 3 aromatic rings. The fraction of sp³-hybridized carbons (Fsp3) is 0.414. The van der Waals surface area contributed by atoms with Crippen LogP contribution in [0.1, 0.15) is 49.3 Å². The van der Waals surface area contributed by atoms with Gasteiger partial charge in [0.15, 0.2) is 5.76 Å². The van der Waals surface area contributed by atoms with Crippen LogP contribution in [0.2, 0.25) is 0 Å². The van der Waals surface area contributed by atoms with Crippen LogP contribution in [-0.2, 0) is 19.7 Å². The summed E-state index contributed by atoms with van der Waals surface area (Å²) in [6, 6.07) is 12.9. The minimum Gasteiger partial charge on any atom is -0.505 e. The number of pyridine rings is 1. The molecule has 1 amide bonds. The third-order valence-corrected chi connectivity index (χ3v) is 7.32. The molecule has 2 fully saturated rings. The Morgan fingerprint density at radius 2 is 1.76 bits per heavy atom. The Kier molecular flexibility index (Phi) is 6.64. The Balaban J connectivity index is 1.61. The van der Waals surface area contributed by atoms with Gasteiger partial charge in [0.1, 0.15) is 11.3 Å². The van der Waals surface area contributed by atoms with Crippen molar-refractivity contribution in [3.63, 3.8) is 0 Å². The van der Waals surface area contributed by atoms with E-state index in [1.165, 1.54) is 0 Å². The van der Waals surface area contributed by atoms with Crippen LogP contribution in [0.4, 0.5) is 0 Å². The number of benzene rings is 1. The van der Waals surface area contributed by atoms with Gasteiger partial charge in [0.2, 0.25) is 0 Å². The number of Topliss-reactive ketones (excluding diaryl/α,β-unsaturated/α-hetero) is 1. The maximum absolute atomic E-state index is 13.5. The first-order valence-electron chi connectivity index (χ1n) is 12.8. The molecule has 4 heterocycles. The van der Waals surface area contributed by atoms with Crippen molar-refractivity contribution < 1.29 is 19.4 Å². The van der Waals surface area contributed by atoms with Gasteiger partial charge in [-0.05, 0) is 35.6 Å². The molecule has 0 aliphatic carbocycles. The largest absolute Gasteiger partial charge is 0.505 e. The number of aromatic nitrogens is 2. The monoisotopic (exact) mass is 502 g/mol. The number of morpholine rings is 1. The third-order valence-electron chi connectivity index (χ3n) is 7.32. The summed E-state index contributed by atoms with van der Waals surface area (Å²) in [4.78, 5) is 35.3. The van der Waals surface area contributed by atoms with Crippen molar-refractivity contribution in [3.8, 4) is 0 Å². The maximum atomic E-state index is 13.5. The first-order chi connectivity index (χ1) is 17.7. The van der Waals surface area contributed by atoms with E-state index in [9.17, 15) is 14.7 Å². The predicted molar refractivity (Wildman–Crippen MR) is 141 cm³/mol. The topological polar surface area (TPSA) is 87.4 Å². The second-order valence-electron chi connectivity index (χ2n) is 10.8. The standard InChI is InChI=1S/C29H34N4O4/c1-19-24(32-12-6-5-7-22(32)30-19)26(34)23-25(20-8-10-21(11-9-20)29(2,3)4)33(28(36)27(23)35)14-13-31-15-17-37-18-16-31/h5-12,25,34H,13-18H2,1-4H3/t25-/m1/s1. The van der Waals surface area contributed by atoms with Crippen LogP contribution in [0.3, 0.4) is 0 Å². The summed E-state index contributed by atoms with van der Waals surface area (Å²) < 4.78 is 7.21. The van der Waals surface area contributed by atoms with Crippen LogP contribution in [0.15, 0.2) is 54.2 Å². The number of nitrogens with zero attached hydrogens (tertiary/aromatic N) is 4. The minimum atomic E-state index is -0.691. The fourth-order valence-corrected chi connectivity index (χ4v) is 5.22. The number of fused-ring (bicyclic) bond motifs is 1. The smallest absolute Gasteiger partial charge is 0.295 e. The Morgan fingerprint density at radius 3 is 2.43 bits per heavy atom. The molecule has 2 saturated heterocycles. The summed E-state index contributed by atoms with van der Waals surface area (Å²) in [6.45, 7) is 12.1. The molecular weight excluding hydrogens is 468 g/mol. The first-order valence-corrected chi connectivity index (χ1v) is 12.8. The molecule has 8 nitrogen and oxygen atoms in total. The summed E-state index contributed by atoms with van der Waals surface area (Å²) in [6.07, 6.45) is 1.80. The summed E-state index contributed by atoms with van der Waals surface area (Å²) in [7, 11) is 0. The fourth-order valence-electron chi connectivity index (χ4n) is 5.22. The number of ether oxygens (including phenoxy) is 1. The Hall–Kier alpha value is -3.49. The Labute approximate surface area is 217 Å². The molecular formula is C29H34N4O4. The lowest BCUT2D eigenvalue weighted by atomic mass is 9.85. The van der Waals surface area contributed by atoms with Gasteiger partial charge in [-0.3, -0.25) is 18.9 Å². The van der Waals surface area contributed by atoms with Crippen LogP contribution < -0.4 is 0 Å². The Morgan fingerprint density at radius 1 is 1.05 bits per heavy atom. The molecule has 2 aliphatic heterocycles. The van der Waals surface area contributed by atoms with E-state index in [1.54, 1.807) is 22.4 Å². The lowest BCUT2D eigenvalue weighted by Crippen LogP contribution is -2.42. The molecule has 1 atom stereocenters. The highest BCUT2D eigenvalue weighted by molar-refractivity contribution is 6.46. The van der Waals surface area contributed by atoms with Crippen molar-refractivity contribution in [2.75, 3.05) is 39.4 Å². The molecule has 1 N–H and O–H groups in total. The van der Waals surface area contributed by atoms with Crippen LogP contribution in [-0.4, -0.2) is 75.4 Å². The van der Waals surface area contributed by atoms with E-state index in [-0.39, 0.29) is 16.7 Å². The van der Waals surface area contributed by atoms with Gasteiger partial charge in [0.05, 0.1) is 30.5 Å². The molecule has 5 rings (SSSR count). The number of likely N-dealkylation sites (tertiary alicyclic amines) is 1. The first kappa shape index (κ1) is 25.2. The van der Waals surface area contributed by atoms with Gasteiger partial charge in [-0.1, -0.05) is 51.1 Å². The number of hydrogen-bond acceptors (Lipinski definition) is 6. The lowest BCUT2D eigenvalue weighted by molar-refractivity contribution is -0.140. The molecule has 0 unspecified atom stereocenters. The molecule has 0 spiro atoms. The number of rotatable bonds is 5. The highest BCUT2D eigenvalue weighted by atomic mass is 16.5. The number of hydrogen-bond donors (Lipinski definition) is 1. The lowest BCUT2D eigenvalue weighted by Gasteiger charge is -2.31. The quantitative estimate of drug-likeness (QED) is 0.325. The molecule has 1 aromatic carbocycles. The van der Waals surface area contributed by atoms with E-state index in [1.807, 2.05) is 42.5 Å². The maximum Gasteiger partial charge on any atom is 0.295 e. The number of imidazole rings is 1. The number of aliphatic hydroxyl groups excluding tert-OH is 1. The van der Waals surface area contributed by atoms with Crippen LogP contribution in [0.5, 0.6) is 0 Å². The molecule has 194 valence electrons. The molecule has 8 heteroatoms. The van der Waals surface area contributed by atoms with Crippen molar-refractivity contribution in [2.24, 2.45) is 0 Å².